The van der Waals surface area contributed by atoms with E-state index in [4.69, 9.17) is 4.74 Å². The average Bonchev–Trinajstić information content (AvgIpc) is 2.94. The number of hydrogen-bond donors (Lipinski definition) is 1. The Bertz CT molecular complexity index is 533. The van der Waals surface area contributed by atoms with Gasteiger partial charge in [0.05, 0.1) is 12.0 Å². The fourth-order valence-corrected chi connectivity index (χ4v) is 3.62. The molecular formula is C13H17N3OS2. The molecule has 2 aromatic heterocycles. The van der Waals surface area contributed by atoms with Crippen molar-refractivity contribution in [1.82, 2.24) is 15.5 Å². The summed E-state index contributed by atoms with van der Waals surface area (Å²) in [4.78, 5) is 1.14. The molecule has 0 bridgehead atoms. The first-order chi connectivity index (χ1) is 9.35. The molecule has 102 valence electrons. The lowest BCUT2D eigenvalue weighted by Crippen LogP contribution is -2.17. The quantitative estimate of drug-likeness (QED) is 0.798. The van der Waals surface area contributed by atoms with Crippen LogP contribution in [0.3, 0.4) is 0 Å². The Morgan fingerprint density at radius 2 is 2.32 bits per heavy atom. The first kappa shape index (κ1) is 13.0. The summed E-state index contributed by atoms with van der Waals surface area (Å²) in [6.45, 7) is 1.09. The van der Waals surface area contributed by atoms with Gasteiger partial charge in [0.1, 0.15) is 10.8 Å². The van der Waals surface area contributed by atoms with Crippen LogP contribution in [0.1, 0.15) is 24.3 Å². The number of ether oxygens (including phenoxy) is 1. The van der Waals surface area contributed by atoms with Crippen molar-refractivity contribution in [2.75, 3.05) is 13.7 Å². The van der Waals surface area contributed by atoms with Crippen LogP contribution in [-0.4, -0.2) is 29.9 Å². The molecule has 1 fully saturated rings. The monoisotopic (exact) mass is 295 g/mol. The van der Waals surface area contributed by atoms with Crippen LogP contribution < -0.4 is 10.1 Å². The van der Waals surface area contributed by atoms with E-state index in [2.05, 4.69) is 15.5 Å². The molecule has 0 spiro atoms. The summed E-state index contributed by atoms with van der Waals surface area (Å²) < 4.78 is 5.19. The predicted molar refractivity (Wildman–Crippen MR) is 79.1 cm³/mol. The summed E-state index contributed by atoms with van der Waals surface area (Å²) in [5, 5.41) is 16.2. The summed E-state index contributed by atoms with van der Waals surface area (Å²) in [6, 6.07) is 2.81. The number of thiophene rings is 1. The lowest BCUT2D eigenvalue weighted by atomic mass is 10.3. The SMILES string of the molecule is COc1csc(-c2nnc(CCCNC3CC3)s2)c1. The molecule has 0 radical (unpaired) electrons. The molecule has 0 saturated heterocycles. The summed E-state index contributed by atoms with van der Waals surface area (Å²) in [7, 11) is 1.68. The molecule has 1 saturated carbocycles. The van der Waals surface area contributed by atoms with Gasteiger partial charge in [-0.1, -0.05) is 11.3 Å². The maximum Gasteiger partial charge on any atom is 0.157 e. The zero-order valence-corrected chi connectivity index (χ0v) is 12.5. The van der Waals surface area contributed by atoms with Crippen LogP contribution in [0.15, 0.2) is 11.4 Å². The van der Waals surface area contributed by atoms with Gasteiger partial charge in [-0.25, -0.2) is 0 Å². The van der Waals surface area contributed by atoms with Crippen molar-refractivity contribution in [1.29, 1.82) is 0 Å². The zero-order chi connectivity index (χ0) is 13.1. The van der Waals surface area contributed by atoms with E-state index < -0.39 is 0 Å². The highest BCUT2D eigenvalue weighted by molar-refractivity contribution is 7.20. The third-order valence-electron chi connectivity index (χ3n) is 3.07. The lowest BCUT2D eigenvalue weighted by Gasteiger charge is -1.99. The van der Waals surface area contributed by atoms with Crippen LogP contribution in [0.5, 0.6) is 5.75 Å². The number of hydrogen-bond acceptors (Lipinski definition) is 6. The van der Waals surface area contributed by atoms with Crippen LogP contribution in [0.2, 0.25) is 0 Å². The van der Waals surface area contributed by atoms with E-state index in [9.17, 15) is 0 Å². The summed E-state index contributed by atoms with van der Waals surface area (Å²) in [6.07, 6.45) is 4.85. The maximum atomic E-state index is 5.19. The Morgan fingerprint density at radius 1 is 1.42 bits per heavy atom. The number of nitrogens with zero attached hydrogens (tertiary/aromatic N) is 2. The molecule has 0 aromatic carbocycles. The van der Waals surface area contributed by atoms with Gasteiger partial charge in [-0.3, -0.25) is 0 Å². The summed E-state index contributed by atoms with van der Waals surface area (Å²) in [5.74, 6) is 0.894. The van der Waals surface area contributed by atoms with E-state index >= 15 is 0 Å². The molecule has 0 amide bonds. The molecule has 1 aliphatic carbocycles. The molecule has 2 aromatic rings. The first-order valence-corrected chi connectivity index (χ1v) is 8.23. The van der Waals surface area contributed by atoms with Crippen molar-refractivity contribution in [3.05, 3.63) is 16.5 Å². The molecule has 4 nitrogen and oxygen atoms in total. The second kappa shape index (κ2) is 5.98. The highest BCUT2D eigenvalue weighted by atomic mass is 32.1. The molecule has 0 unspecified atom stereocenters. The molecule has 2 heterocycles. The summed E-state index contributed by atoms with van der Waals surface area (Å²) >= 11 is 3.34. The second-order valence-electron chi connectivity index (χ2n) is 4.68. The fraction of sp³-hybridized carbons (Fsp3) is 0.538. The van der Waals surface area contributed by atoms with Gasteiger partial charge in [-0.15, -0.1) is 21.5 Å². The molecule has 6 heteroatoms. The van der Waals surface area contributed by atoms with Crippen molar-refractivity contribution in [2.45, 2.75) is 31.7 Å². The molecule has 1 N–H and O–H groups in total. The standard InChI is InChI=1S/C13H17N3OS2/c1-17-10-7-11(18-8-10)13-16-15-12(19-13)3-2-6-14-9-4-5-9/h7-9,14H,2-6H2,1H3. The van der Waals surface area contributed by atoms with Gasteiger partial charge in [0.15, 0.2) is 5.01 Å². The van der Waals surface area contributed by atoms with Crippen LogP contribution in [0.4, 0.5) is 0 Å². The van der Waals surface area contributed by atoms with Gasteiger partial charge in [0.25, 0.3) is 0 Å². The molecule has 0 atom stereocenters. The van der Waals surface area contributed by atoms with E-state index in [0.717, 1.165) is 46.1 Å². The molecule has 1 aliphatic rings. The molecule has 0 aliphatic heterocycles. The third-order valence-corrected chi connectivity index (χ3v) is 5.13. The number of aryl methyl sites for hydroxylation is 1. The van der Waals surface area contributed by atoms with Gasteiger partial charge in [-0.2, -0.15) is 0 Å². The van der Waals surface area contributed by atoms with Crippen molar-refractivity contribution in [2.24, 2.45) is 0 Å². The van der Waals surface area contributed by atoms with Crippen LogP contribution in [0.25, 0.3) is 9.88 Å². The van der Waals surface area contributed by atoms with Gasteiger partial charge in [0.2, 0.25) is 0 Å². The van der Waals surface area contributed by atoms with E-state index in [0.29, 0.717) is 0 Å². The number of nitrogens with one attached hydrogen (secondary N) is 1. The topological polar surface area (TPSA) is 47.0 Å². The van der Waals surface area contributed by atoms with E-state index in [1.54, 1.807) is 29.8 Å². The largest absolute Gasteiger partial charge is 0.496 e. The summed E-state index contributed by atoms with van der Waals surface area (Å²) in [5.41, 5.74) is 0. The third kappa shape index (κ3) is 3.52. The van der Waals surface area contributed by atoms with Gasteiger partial charge in [-0.05, 0) is 25.8 Å². The first-order valence-electron chi connectivity index (χ1n) is 6.54. The fourth-order valence-electron chi connectivity index (χ4n) is 1.83. The molecule has 19 heavy (non-hydrogen) atoms. The highest BCUT2D eigenvalue weighted by Gasteiger charge is 2.19. The molecule has 3 rings (SSSR count). The Hall–Kier alpha value is -0.980. The normalized spacial score (nSPS) is 14.8. The maximum absolute atomic E-state index is 5.19. The minimum Gasteiger partial charge on any atom is -0.496 e. The van der Waals surface area contributed by atoms with Crippen LogP contribution in [-0.2, 0) is 6.42 Å². The minimum absolute atomic E-state index is 0.795. The van der Waals surface area contributed by atoms with Crippen molar-refractivity contribution >= 4 is 22.7 Å². The second-order valence-corrected chi connectivity index (χ2v) is 6.66. The van der Waals surface area contributed by atoms with Crippen molar-refractivity contribution in [3.8, 4) is 15.6 Å². The Balaban J connectivity index is 1.52. The predicted octanol–water partition coefficient (Wildman–Crippen LogP) is 2.96. The Labute approximate surface area is 120 Å². The number of rotatable bonds is 7. The van der Waals surface area contributed by atoms with Crippen LogP contribution >= 0.6 is 22.7 Å². The van der Waals surface area contributed by atoms with Gasteiger partial charge < -0.3 is 10.1 Å². The average molecular weight is 295 g/mol. The highest BCUT2D eigenvalue weighted by Crippen LogP contribution is 2.33. The Kier molecular flexibility index (Phi) is 4.10. The lowest BCUT2D eigenvalue weighted by molar-refractivity contribution is 0.417. The van der Waals surface area contributed by atoms with Crippen molar-refractivity contribution in [3.63, 3.8) is 0 Å². The smallest absolute Gasteiger partial charge is 0.157 e. The van der Waals surface area contributed by atoms with E-state index in [1.165, 1.54) is 12.8 Å². The molecular weight excluding hydrogens is 278 g/mol. The van der Waals surface area contributed by atoms with Gasteiger partial charge in [0, 0.05) is 23.9 Å². The van der Waals surface area contributed by atoms with Crippen molar-refractivity contribution < 1.29 is 4.74 Å². The Morgan fingerprint density at radius 3 is 3.05 bits per heavy atom. The van der Waals surface area contributed by atoms with Gasteiger partial charge >= 0.3 is 0 Å². The number of methoxy groups -OCH3 is 1. The zero-order valence-electron chi connectivity index (χ0n) is 10.9. The number of aromatic nitrogens is 2. The van der Waals surface area contributed by atoms with E-state index in [1.807, 2.05) is 11.4 Å². The van der Waals surface area contributed by atoms with Crippen LogP contribution in [0, 0.1) is 0 Å². The van der Waals surface area contributed by atoms with E-state index in [-0.39, 0.29) is 0 Å². The minimum atomic E-state index is 0.795.